The Labute approximate surface area is 138 Å². The van der Waals surface area contributed by atoms with Gasteiger partial charge in [0.25, 0.3) is 0 Å². The highest BCUT2D eigenvalue weighted by Gasteiger charge is 2.28. The fraction of sp³-hybridized carbons (Fsp3) is 0.412. The number of hydrogen-bond acceptors (Lipinski definition) is 4. The van der Waals surface area contributed by atoms with E-state index in [1.807, 2.05) is 0 Å². The molecule has 3 aliphatic carbocycles. The largest absolute Gasteiger partial charge is 0.353 e. The highest BCUT2D eigenvalue weighted by atomic mass is 16.6. The molecule has 1 aromatic heterocycles. The zero-order chi connectivity index (χ0) is 17.4. The average Bonchev–Trinajstić information content (AvgIpc) is 3.45. The third kappa shape index (κ3) is 3.02. The SMILES string of the molecule is CCn1c(=O)c([N+](=O)[O-])c(C)n(CC2CC2)c1=O.c1cc2cc-2c1. The highest BCUT2D eigenvalue weighted by molar-refractivity contribution is 5.80. The van der Waals surface area contributed by atoms with Crippen LogP contribution in [0.1, 0.15) is 25.5 Å². The molecule has 0 saturated heterocycles. The number of fused-ring (bicyclic) bond motifs is 1. The van der Waals surface area contributed by atoms with Gasteiger partial charge in [0.1, 0.15) is 5.69 Å². The molecular weight excluding hydrogens is 310 g/mol. The summed E-state index contributed by atoms with van der Waals surface area (Å²) in [6.45, 7) is 3.70. The molecule has 4 rings (SSSR count). The van der Waals surface area contributed by atoms with Gasteiger partial charge in [-0.1, -0.05) is 18.2 Å². The first-order valence-electron chi connectivity index (χ1n) is 8.03. The number of aromatic nitrogens is 2. The Hall–Kier alpha value is -2.70. The van der Waals surface area contributed by atoms with Crippen molar-refractivity contribution in [1.29, 1.82) is 0 Å². The molecule has 1 fully saturated rings. The topological polar surface area (TPSA) is 87.1 Å². The molecule has 7 nitrogen and oxygen atoms in total. The van der Waals surface area contributed by atoms with Crippen LogP contribution in [0.25, 0.3) is 11.1 Å². The van der Waals surface area contributed by atoms with Crippen LogP contribution in [0.4, 0.5) is 5.69 Å². The first-order chi connectivity index (χ1) is 11.4. The third-order valence-corrected chi connectivity index (χ3v) is 4.41. The predicted molar refractivity (Wildman–Crippen MR) is 90.2 cm³/mol. The Balaban J connectivity index is 0.000000231. The minimum atomic E-state index is -0.808. The first kappa shape index (κ1) is 16.2. The van der Waals surface area contributed by atoms with Gasteiger partial charge in [0.05, 0.1) is 4.92 Å². The summed E-state index contributed by atoms with van der Waals surface area (Å²) in [5.41, 5.74) is 1.27. The van der Waals surface area contributed by atoms with Crippen LogP contribution in [0.3, 0.4) is 0 Å². The van der Waals surface area contributed by atoms with Crippen molar-refractivity contribution < 1.29 is 4.92 Å². The number of nitrogens with zero attached hydrogens (tertiary/aromatic N) is 3. The molecule has 0 radical (unpaired) electrons. The second-order valence-electron chi connectivity index (χ2n) is 6.16. The van der Waals surface area contributed by atoms with Crippen LogP contribution in [0, 0.1) is 23.0 Å². The van der Waals surface area contributed by atoms with E-state index >= 15 is 0 Å². The van der Waals surface area contributed by atoms with Gasteiger partial charge in [-0.15, -0.1) is 0 Å². The third-order valence-electron chi connectivity index (χ3n) is 4.41. The van der Waals surface area contributed by atoms with E-state index in [0.29, 0.717) is 12.5 Å². The van der Waals surface area contributed by atoms with Crippen molar-refractivity contribution in [2.75, 3.05) is 0 Å². The van der Waals surface area contributed by atoms with Crippen LogP contribution in [0.2, 0.25) is 0 Å². The molecule has 126 valence electrons. The minimum Gasteiger partial charge on any atom is -0.291 e. The van der Waals surface area contributed by atoms with E-state index in [1.54, 1.807) is 6.92 Å². The second kappa shape index (κ2) is 6.07. The Morgan fingerprint density at radius 1 is 1.21 bits per heavy atom. The summed E-state index contributed by atoms with van der Waals surface area (Å²) in [6.07, 6.45) is 2.07. The van der Waals surface area contributed by atoms with E-state index in [2.05, 4.69) is 24.3 Å². The van der Waals surface area contributed by atoms with Crippen molar-refractivity contribution in [3.05, 3.63) is 60.9 Å². The molecule has 1 aromatic rings. The van der Waals surface area contributed by atoms with Crippen LogP contribution in [0.5, 0.6) is 0 Å². The summed E-state index contributed by atoms with van der Waals surface area (Å²) in [7, 11) is 0. The molecule has 0 N–H and O–H groups in total. The molecule has 0 aliphatic heterocycles. The Morgan fingerprint density at radius 3 is 2.21 bits per heavy atom. The molecule has 0 amide bonds. The highest BCUT2D eigenvalue weighted by Crippen LogP contribution is 2.32. The number of rotatable bonds is 4. The van der Waals surface area contributed by atoms with Gasteiger partial charge >= 0.3 is 16.9 Å². The normalized spacial score (nSPS) is 13.9. The summed E-state index contributed by atoms with van der Waals surface area (Å²) < 4.78 is 2.29. The fourth-order valence-electron chi connectivity index (χ4n) is 2.72. The molecular formula is C17H19N3O4. The number of benzene rings is 1. The standard InChI is InChI=1S/C11H15N3O4.C6H4/c1-3-12-10(15)9(14(17)18)7(2)13(11(12)16)6-8-4-5-8;1-2-5-4-6(5)3-1/h8H,3-6H2,1-2H3;1-4H. The van der Waals surface area contributed by atoms with Gasteiger partial charge in [0.2, 0.25) is 0 Å². The zero-order valence-corrected chi connectivity index (χ0v) is 13.7. The van der Waals surface area contributed by atoms with Gasteiger partial charge in [0.15, 0.2) is 0 Å². The molecule has 3 aliphatic rings. The molecule has 1 saturated carbocycles. The van der Waals surface area contributed by atoms with E-state index in [1.165, 1.54) is 22.6 Å². The van der Waals surface area contributed by atoms with Crippen molar-refractivity contribution in [3.63, 3.8) is 0 Å². The van der Waals surface area contributed by atoms with Crippen LogP contribution in [0.15, 0.2) is 33.9 Å². The van der Waals surface area contributed by atoms with Crippen LogP contribution in [-0.2, 0) is 13.1 Å². The lowest BCUT2D eigenvalue weighted by Gasteiger charge is -2.11. The summed E-state index contributed by atoms with van der Waals surface area (Å²) in [4.78, 5) is 34.2. The summed E-state index contributed by atoms with van der Waals surface area (Å²) in [6, 6.07) is 8.48. The minimum absolute atomic E-state index is 0.142. The van der Waals surface area contributed by atoms with Crippen molar-refractivity contribution in [1.82, 2.24) is 9.13 Å². The zero-order valence-electron chi connectivity index (χ0n) is 13.7. The van der Waals surface area contributed by atoms with Crippen molar-refractivity contribution in [2.24, 2.45) is 5.92 Å². The smallest absolute Gasteiger partial charge is 0.291 e. The molecule has 0 unspecified atom stereocenters. The summed E-state index contributed by atoms with van der Waals surface area (Å²) in [5, 5.41) is 11.0. The van der Waals surface area contributed by atoms with Crippen molar-refractivity contribution in [2.45, 2.75) is 39.8 Å². The molecule has 7 heteroatoms. The number of nitro groups is 1. The first-order valence-corrected chi connectivity index (χ1v) is 8.03. The van der Waals surface area contributed by atoms with E-state index in [9.17, 15) is 19.7 Å². The Morgan fingerprint density at radius 2 is 1.83 bits per heavy atom. The monoisotopic (exact) mass is 329 g/mol. The maximum absolute atomic E-state index is 12.1. The molecule has 0 spiro atoms. The van der Waals surface area contributed by atoms with E-state index in [4.69, 9.17) is 0 Å². The molecule has 24 heavy (non-hydrogen) atoms. The maximum atomic E-state index is 12.1. The van der Waals surface area contributed by atoms with Gasteiger partial charge in [-0.2, -0.15) is 0 Å². The van der Waals surface area contributed by atoms with Crippen molar-refractivity contribution in [3.8, 4) is 11.1 Å². The lowest BCUT2D eigenvalue weighted by Crippen LogP contribution is -2.42. The summed E-state index contributed by atoms with van der Waals surface area (Å²) >= 11 is 0. The average molecular weight is 329 g/mol. The molecule has 0 aromatic carbocycles. The summed E-state index contributed by atoms with van der Waals surface area (Å²) in [5.74, 6) is 0.406. The van der Waals surface area contributed by atoms with Crippen LogP contribution in [-0.4, -0.2) is 14.1 Å². The van der Waals surface area contributed by atoms with Crippen LogP contribution < -0.4 is 11.2 Å². The second-order valence-corrected chi connectivity index (χ2v) is 6.16. The van der Waals surface area contributed by atoms with Crippen molar-refractivity contribution >= 4 is 5.69 Å². The van der Waals surface area contributed by atoms with Gasteiger partial charge < -0.3 is 0 Å². The van der Waals surface area contributed by atoms with Gasteiger partial charge in [-0.25, -0.2) is 4.79 Å². The molecule has 1 heterocycles. The van der Waals surface area contributed by atoms with Gasteiger partial charge in [0, 0.05) is 13.1 Å². The Bertz CT molecular complexity index is 905. The molecule has 0 bridgehead atoms. The van der Waals surface area contributed by atoms with Gasteiger partial charge in [-0.3, -0.25) is 24.0 Å². The Kier molecular flexibility index (Phi) is 4.09. The fourth-order valence-corrected chi connectivity index (χ4v) is 2.72. The van der Waals surface area contributed by atoms with Crippen LogP contribution >= 0.6 is 0 Å². The lowest BCUT2D eigenvalue weighted by molar-refractivity contribution is -0.387. The van der Waals surface area contributed by atoms with E-state index in [-0.39, 0.29) is 12.2 Å². The van der Waals surface area contributed by atoms with E-state index in [0.717, 1.165) is 17.4 Å². The number of hydrogen-bond donors (Lipinski definition) is 0. The van der Waals surface area contributed by atoms with E-state index < -0.39 is 21.9 Å². The molecule has 0 atom stereocenters. The van der Waals surface area contributed by atoms with Gasteiger partial charge in [-0.05, 0) is 49.8 Å². The quantitative estimate of drug-likeness (QED) is 0.543. The maximum Gasteiger partial charge on any atom is 0.353 e. The lowest BCUT2D eigenvalue weighted by atomic mass is 10.3. The predicted octanol–water partition coefficient (Wildman–Crippen LogP) is 2.32.